The number of anilines is 1. The summed E-state index contributed by atoms with van der Waals surface area (Å²) in [6.07, 6.45) is 0. The van der Waals surface area contributed by atoms with E-state index in [1.165, 1.54) is 5.56 Å². The molecule has 0 spiro atoms. The lowest BCUT2D eigenvalue weighted by Crippen LogP contribution is -2.00. The molecule has 0 saturated heterocycles. The highest BCUT2D eigenvalue weighted by molar-refractivity contribution is 14.1. The Morgan fingerprint density at radius 1 is 1.17 bits per heavy atom. The Hall–Kier alpha value is -0.940. The Labute approximate surface area is 125 Å². The molecule has 0 fully saturated rings. The summed E-state index contributed by atoms with van der Waals surface area (Å²) in [5.74, 6) is 0.871. The number of ether oxygens (including phenoxy) is 1. The zero-order valence-corrected chi connectivity index (χ0v) is 12.8. The number of hydrogen-bond acceptors (Lipinski definition) is 2. The summed E-state index contributed by atoms with van der Waals surface area (Å²) < 4.78 is 6.29. The van der Waals surface area contributed by atoms with Crippen molar-refractivity contribution in [2.45, 2.75) is 6.54 Å². The maximum Gasteiger partial charge on any atom is 0.118 e. The van der Waals surface area contributed by atoms with Gasteiger partial charge in [0.15, 0.2) is 0 Å². The number of methoxy groups -OCH3 is 1. The van der Waals surface area contributed by atoms with Crippen LogP contribution in [0.3, 0.4) is 0 Å². The van der Waals surface area contributed by atoms with Gasteiger partial charge in [-0.05, 0) is 58.5 Å². The van der Waals surface area contributed by atoms with Gasteiger partial charge in [0.05, 0.1) is 7.11 Å². The predicted molar refractivity (Wildman–Crippen MR) is 84.5 cm³/mol. The Balaban J connectivity index is 2.04. The van der Waals surface area contributed by atoms with Gasteiger partial charge in [0, 0.05) is 20.8 Å². The van der Waals surface area contributed by atoms with Crippen molar-refractivity contribution in [3.05, 3.63) is 56.6 Å². The topological polar surface area (TPSA) is 21.3 Å². The van der Waals surface area contributed by atoms with Crippen LogP contribution in [0.5, 0.6) is 5.75 Å². The Kier molecular flexibility index (Phi) is 4.72. The fourth-order valence-electron chi connectivity index (χ4n) is 1.57. The molecule has 94 valence electrons. The normalized spacial score (nSPS) is 10.2. The van der Waals surface area contributed by atoms with Crippen molar-refractivity contribution in [2.75, 3.05) is 12.4 Å². The molecule has 0 saturated carbocycles. The first kappa shape index (κ1) is 13.5. The minimum Gasteiger partial charge on any atom is -0.497 e. The predicted octanol–water partition coefficient (Wildman–Crippen LogP) is 4.57. The van der Waals surface area contributed by atoms with E-state index in [4.69, 9.17) is 16.3 Å². The average molecular weight is 374 g/mol. The second kappa shape index (κ2) is 6.29. The van der Waals surface area contributed by atoms with Crippen molar-refractivity contribution in [2.24, 2.45) is 0 Å². The van der Waals surface area contributed by atoms with Gasteiger partial charge in [0.2, 0.25) is 0 Å². The quantitative estimate of drug-likeness (QED) is 0.793. The lowest BCUT2D eigenvalue weighted by molar-refractivity contribution is 0.414. The molecule has 0 heterocycles. The van der Waals surface area contributed by atoms with E-state index in [2.05, 4.69) is 27.9 Å². The molecule has 0 aliphatic rings. The molecular weight excluding hydrogens is 361 g/mol. The van der Waals surface area contributed by atoms with E-state index in [0.717, 1.165) is 26.6 Å². The molecule has 2 rings (SSSR count). The molecule has 0 bridgehead atoms. The van der Waals surface area contributed by atoms with Crippen molar-refractivity contribution in [3.8, 4) is 5.75 Å². The number of benzene rings is 2. The third-order valence-corrected chi connectivity index (χ3v) is 3.75. The van der Waals surface area contributed by atoms with Crippen molar-refractivity contribution in [1.29, 1.82) is 0 Å². The van der Waals surface area contributed by atoms with Gasteiger partial charge in [-0.2, -0.15) is 0 Å². The molecule has 2 nitrogen and oxygen atoms in total. The van der Waals surface area contributed by atoms with Crippen LogP contribution in [0.2, 0.25) is 5.02 Å². The molecule has 0 unspecified atom stereocenters. The van der Waals surface area contributed by atoms with Crippen LogP contribution in [0.4, 0.5) is 5.69 Å². The molecule has 2 aromatic carbocycles. The lowest BCUT2D eigenvalue weighted by Gasteiger charge is -2.09. The summed E-state index contributed by atoms with van der Waals surface area (Å²) in [7, 11) is 1.67. The van der Waals surface area contributed by atoms with E-state index in [9.17, 15) is 0 Å². The fraction of sp³-hybridized carbons (Fsp3) is 0.143. The minimum atomic E-state index is 0.743. The lowest BCUT2D eigenvalue weighted by atomic mass is 10.2. The Bertz CT molecular complexity index is 528. The van der Waals surface area contributed by atoms with Gasteiger partial charge in [0.1, 0.15) is 5.75 Å². The monoisotopic (exact) mass is 373 g/mol. The molecule has 18 heavy (non-hydrogen) atoms. The van der Waals surface area contributed by atoms with Gasteiger partial charge in [0.25, 0.3) is 0 Å². The van der Waals surface area contributed by atoms with Crippen LogP contribution >= 0.6 is 34.2 Å². The van der Waals surface area contributed by atoms with Crippen LogP contribution in [-0.2, 0) is 6.54 Å². The van der Waals surface area contributed by atoms with Crippen LogP contribution in [0.25, 0.3) is 0 Å². The summed E-state index contributed by atoms with van der Waals surface area (Å²) in [6.45, 7) is 0.764. The molecule has 0 aromatic heterocycles. The Morgan fingerprint density at radius 3 is 2.56 bits per heavy atom. The SMILES string of the molecule is COc1ccc(CNc2cc(Cl)ccc2I)cc1. The molecule has 0 aliphatic carbocycles. The second-order valence-corrected chi connectivity index (χ2v) is 5.42. The van der Waals surface area contributed by atoms with Gasteiger partial charge in [-0.15, -0.1) is 0 Å². The third-order valence-electron chi connectivity index (χ3n) is 2.57. The molecular formula is C14H13ClINO. The first-order valence-electron chi connectivity index (χ1n) is 5.51. The maximum atomic E-state index is 5.98. The van der Waals surface area contributed by atoms with E-state index < -0.39 is 0 Å². The molecule has 2 aromatic rings. The number of hydrogen-bond donors (Lipinski definition) is 1. The molecule has 0 radical (unpaired) electrons. The van der Waals surface area contributed by atoms with Gasteiger partial charge in [-0.3, -0.25) is 0 Å². The van der Waals surface area contributed by atoms with Crippen molar-refractivity contribution < 1.29 is 4.74 Å². The van der Waals surface area contributed by atoms with E-state index in [1.807, 2.05) is 42.5 Å². The largest absolute Gasteiger partial charge is 0.497 e. The summed E-state index contributed by atoms with van der Waals surface area (Å²) >= 11 is 8.27. The maximum absolute atomic E-state index is 5.98. The van der Waals surface area contributed by atoms with Crippen molar-refractivity contribution >= 4 is 39.9 Å². The highest BCUT2D eigenvalue weighted by atomic mass is 127. The number of nitrogens with one attached hydrogen (secondary N) is 1. The van der Waals surface area contributed by atoms with Gasteiger partial charge >= 0.3 is 0 Å². The van der Waals surface area contributed by atoms with Crippen LogP contribution in [0, 0.1) is 3.57 Å². The van der Waals surface area contributed by atoms with Crippen molar-refractivity contribution in [1.82, 2.24) is 0 Å². The molecule has 1 N–H and O–H groups in total. The van der Waals surface area contributed by atoms with Gasteiger partial charge in [-0.25, -0.2) is 0 Å². The summed E-state index contributed by atoms with van der Waals surface area (Å²) in [5.41, 5.74) is 2.26. The molecule has 0 aliphatic heterocycles. The first-order chi connectivity index (χ1) is 8.69. The first-order valence-corrected chi connectivity index (χ1v) is 6.96. The zero-order valence-electron chi connectivity index (χ0n) is 9.91. The van der Waals surface area contributed by atoms with E-state index in [-0.39, 0.29) is 0 Å². The average Bonchev–Trinajstić information content (AvgIpc) is 2.40. The van der Waals surface area contributed by atoms with Gasteiger partial charge in [-0.1, -0.05) is 23.7 Å². The molecule has 0 atom stereocenters. The highest BCUT2D eigenvalue weighted by Crippen LogP contribution is 2.23. The summed E-state index contributed by atoms with van der Waals surface area (Å²) in [5, 5.41) is 4.12. The second-order valence-electron chi connectivity index (χ2n) is 3.83. The Morgan fingerprint density at radius 2 is 1.89 bits per heavy atom. The zero-order chi connectivity index (χ0) is 13.0. The van der Waals surface area contributed by atoms with E-state index in [1.54, 1.807) is 7.11 Å². The molecule has 0 amide bonds. The standard InChI is InChI=1S/C14H13ClINO/c1-18-12-5-2-10(3-6-12)9-17-14-8-11(15)4-7-13(14)16/h2-8,17H,9H2,1H3. The van der Waals surface area contributed by atoms with Crippen molar-refractivity contribution in [3.63, 3.8) is 0 Å². The summed E-state index contributed by atoms with van der Waals surface area (Å²) in [6, 6.07) is 13.8. The van der Waals surface area contributed by atoms with Crippen LogP contribution in [-0.4, -0.2) is 7.11 Å². The number of halogens is 2. The van der Waals surface area contributed by atoms with E-state index in [0.29, 0.717) is 0 Å². The van der Waals surface area contributed by atoms with Gasteiger partial charge < -0.3 is 10.1 Å². The van der Waals surface area contributed by atoms with Crippen LogP contribution in [0.1, 0.15) is 5.56 Å². The highest BCUT2D eigenvalue weighted by Gasteiger charge is 2.01. The number of rotatable bonds is 4. The van der Waals surface area contributed by atoms with E-state index >= 15 is 0 Å². The molecule has 4 heteroatoms. The summed E-state index contributed by atoms with van der Waals surface area (Å²) in [4.78, 5) is 0. The van der Waals surface area contributed by atoms with Crippen LogP contribution < -0.4 is 10.1 Å². The fourth-order valence-corrected chi connectivity index (χ4v) is 2.27. The third kappa shape index (κ3) is 3.53. The minimum absolute atomic E-state index is 0.743. The smallest absolute Gasteiger partial charge is 0.118 e. The van der Waals surface area contributed by atoms with Crippen LogP contribution in [0.15, 0.2) is 42.5 Å².